The van der Waals surface area contributed by atoms with Crippen LogP contribution in [0.2, 0.25) is 0 Å². The first-order chi connectivity index (χ1) is 9.60. The van der Waals surface area contributed by atoms with Crippen LogP contribution in [0.4, 0.5) is 5.69 Å². The average molecular weight is 294 g/mol. The molecule has 1 N–H and O–H groups in total. The van der Waals surface area contributed by atoms with Gasteiger partial charge in [0, 0.05) is 12.6 Å². The van der Waals surface area contributed by atoms with Crippen LogP contribution in [0.15, 0.2) is 29.2 Å². The molecule has 5 heteroatoms. The lowest BCUT2D eigenvalue weighted by Crippen LogP contribution is -2.53. The molecule has 0 saturated carbocycles. The van der Waals surface area contributed by atoms with Gasteiger partial charge in [0.05, 0.1) is 16.3 Å². The van der Waals surface area contributed by atoms with Crippen molar-refractivity contribution in [3.63, 3.8) is 0 Å². The minimum absolute atomic E-state index is 0.145. The summed E-state index contributed by atoms with van der Waals surface area (Å²) in [4.78, 5) is 2.91. The number of fused-ring (bicyclic) bond motifs is 3. The number of rotatable bonds is 4. The first kappa shape index (κ1) is 13.9. The molecule has 4 rings (SSSR count). The number of benzene rings is 1. The molecule has 4 nitrogen and oxygen atoms in total. The Kier molecular flexibility index (Phi) is 3.73. The second kappa shape index (κ2) is 5.37. The molecule has 3 saturated heterocycles. The van der Waals surface area contributed by atoms with E-state index in [-0.39, 0.29) is 5.75 Å². The Balaban J connectivity index is 1.85. The Bertz CT molecular complexity index is 577. The molecule has 1 unspecified atom stereocenters. The van der Waals surface area contributed by atoms with E-state index >= 15 is 0 Å². The molecule has 0 spiro atoms. The monoisotopic (exact) mass is 294 g/mol. The molecule has 3 aliphatic rings. The van der Waals surface area contributed by atoms with Gasteiger partial charge >= 0.3 is 0 Å². The van der Waals surface area contributed by atoms with Gasteiger partial charge in [0.1, 0.15) is 0 Å². The second-order valence-electron chi connectivity index (χ2n) is 5.79. The van der Waals surface area contributed by atoms with E-state index in [1.54, 1.807) is 19.1 Å². The highest BCUT2D eigenvalue weighted by atomic mass is 32.2. The summed E-state index contributed by atoms with van der Waals surface area (Å²) >= 11 is 0. The number of hydrogen-bond donors (Lipinski definition) is 1. The van der Waals surface area contributed by atoms with Crippen molar-refractivity contribution in [3.05, 3.63) is 24.3 Å². The van der Waals surface area contributed by atoms with Crippen LogP contribution in [0.1, 0.15) is 19.8 Å². The molecule has 1 atom stereocenters. The molecule has 1 aromatic carbocycles. The Labute approximate surface area is 121 Å². The number of sulfone groups is 1. The maximum atomic E-state index is 12.2. The summed E-state index contributed by atoms with van der Waals surface area (Å²) in [7, 11) is -3.17. The van der Waals surface area contributed by atoms with Crippen LogP contribution >= 0.6 is 0 Å². The molecule has 3 fully saturated rings. The van der Waals surface area contributed by atoms with Gasteiger partial charge in [0.15, 0.2) is 9.84 Å². The summed E-state index contributed by atoms with van der Waals surface area (Å²) in [6.45, 7) is 5.11. The maximum Gasteiger partial charge on any atom is 0.180 e. The van der Waals surface area contributed by atoms with Gasteiger partial charge in [0.2, 0.25) is 0 Å². The van der Waals surface area contributed by atoms with E-state index < -0.39 is 9.84 Å². The molecule has 0 radical (unpaired) electrons. The van der Waals surface area contributed by atoms with Crippen molar-refractivity contribution in [2.75, 3.05) is 30.7 Å². The largest absolute Gasteiger partial charge is 0.380 e. The zero-order valence-corrected chi connectivity index (χ0v) is 12.7. The van der Waals surface area contributed by atoms with Crippen molar-refractivity contribution in [2.45, 2.75) is 30.7 Å². The predicted molar refractivity (Wildman–Crippen MR) is 80.7 cm³/mol. The molecule has 0 amide bonds. The van der Waals surface area contributed by atoms with Crippen molar-refractivity contribution in [3.8, 4) is 0 Å². The smallest absolute Gasteiger partial charge is 0.180 e. The van der Waals surface area contributed by atoms with Crippen molar-refractivity contribution in [1.29, 1.82) is 0 Å². The summed E-state index contributed by atoms with van der Waals surface area (Å²) < 4.78 is 24.3. The van der Waals surface area contributed by atoms with Crippen LogP contribution < -0.4 is 5.32 Å². The Morgan fingerprint density at radius 1 is 1.25 bits per heavy atom. The number of anilines is 1. The fourth-order valence-corrected chi connectivity index (χ4v) is 4.40. The summed E-state index contributed by atoms with van der Waals surface area (Å²) in [6, 6.07) is 7.68. The van der Waals surface area contributed by atoms with Crippen molar-refractivity contribution in [1.82, 2.24) is 4.90 Å². The molecule has 2 bridgehead atoms. The molecule has 0 aromatic heterocycles. The van der Waals surface area contributed by atoms with Crippen LogP contribution in [-0.2, 0) is 9.84 Å². The van der Waals surface area contributed by atoms with Gasteiger partial charge in [0.25, 0.3) is 0 Å². The van der Waals surface area contributed by atoms with Crippen LogP contribution in [0.25, 0.3) is 0 Å². The van der Waals surface area contributed by atoms with Crippen LogP contribution in [-0.4, -0.2) is 44.7 Å². The lowest BCUT2D eigenvalue weighted by Gasteiger charge is -2.45. The number of piperidine rings is 3. The van der Waals surface area contributed by atoms with Gasteiger partial charge in [-0.05, 0) is 44.0 Å². The van der Waals surface area contributed by atoms with E-state index in [0.717, 1.165) is 12.2 Å². The number of nitrogens with zero attached hydrogens (tertiary/aromatic N) is 1. The molecule has 3 heterocycles. The highest BCUT2D eigenvalue weighted by Gasteiger charge is 2.34. The molecular formula is C15H22N2O2S. The highest BCUT2D eigenvalue weighted by molar-refractivity contribution is 7.91. The van der Waals surface area contributed by atoms with Crippen LogP contribution in [0.5, 0.6) is 0 Å². The van der Waals surface area contributed by atoms with Gasteiger partial charge in [-0.3, -0.25) is 0 Å². The third kappa shape index (κ3) is 2.56. The fourth-order valence-electron chi connectivity index (χ4n) is 3.34. The highest BCUT2D eigenvalue weighted by Crippen LogP contribution is 2.31. The minimum atomic E-state index is -3.17. The molecule has 1 aromatic rings. The SMILES string of the molecule is CCS(=O)(=O)c1ccccc1NC1CN2CCC1CC2. The van der Waals surface area contributed by atoms with E-state index in [1.807, 2.05) is 12.1 Å². The minimum Gasteiger partial charge on any atom is -0.380 e. The van der Waals surface area contributed by atoms with E-state index in [2.05, 4.69) is 10.2 Å². The third-order valence-corrected chi connectivity index (χ3v) is 6.39. The van der Waals surface area contributed by atoms with Crippen LogP contribution in [0, 0.1) is 5.92 Å². The lowest BCUT2D eigenvalue weighted by molar-refractivity contribution is 0.0974. The zero-order chi connectivity index (χ0) is 14.2. The predicted octanol–water partition coefficient (Wildman–Crippen LogP) is 1.99. The quantitative estimate of drug-likeness (QED) is 0.922. The van der Waals surface area contributed by atoms with Crippen molar-refractivity contribution in [2.24, 2.45) is 5.92 Å². The Morgan fingerprint density at radius 2 is 1.95 bits per heavy atom. The summed E-state index contributed by atoms with van der Waals surface area (Å²) in [6.07, 6.45) is 2.45. The van der Waals surface area contributed by atoms with E-state index in [9.17, 15) is 8.42 Å². The number of para-hydroxylation sites is 1. The number of hydrogen-bond acceptors (Lipinski definition) is 4. The average Bonchev–Trinajstić information content (AvgIpc) is 2.49. The zero-order valence-electron chi connectivity index (χ0n) is 11.9. The summed E-state index contributed by atoms with van der Waals surface area (Å²) in [5, 5.41) is 3.50. The lowest BCUT2D eigenvalue weighted by atomic mass is 9.84. The van der Waals surface area contributed by atoms with E-state index in [1.165, 1.54) is 25.9 Å². The van der Waals surface area contributed by atoms with Crippen molar-refractivity contribution < 1.29 is 8.42 Å². The van der Waals surface area contributed by atoms with Gasteiger partial charge in [-0.25, -0.2) is 8.42 Å². The molecule has 0 aliphatic carbocycles. The maximum absolute atomic E-state index is 12.2. The Morgan fingerprint density at radius 3 is 2.55 bits per heavy atom. The van der Waals surface area contributed by atoms with E-state index in [4.69, 9.17) is 0 Å². The first-order valence-corrected chi connectivity index (χ1v) is 9.06. The standard InChI is InChI=1S/C15H22N2O2S/c1-2-20(18,19)15-6-4-3-5-13(15)16-14-11-17-9-7-12(14)8-10-17/h3-6,12,14,16H,2,7-11H2,1H3. The topological polar surface area (TPSA) is 49.4 Å². The van der Waals surface area contributed by atoms with Gasteiger partial charge in [-0.1, -0.05) is 19.1 Å². The Hall–Kier alpha value is -1.07. The molecule has 110 valence electrons. The van der Waals surface area contributed by atoms with Crippen molar-refractivity contribution >= 4 is 15.5 Å². The molecule has 3 aliphatic heterocycles. The first-order valence-electron chi connectivity index (χ1n) is 7.41. The molecule has 20 heavy (non-hydrogen) atoms. The van der Waals surface area contributed by atoms with Crippen LogP contribution in [0.3, 0.4) is 0 Å². The fraction of sp³-hybridized carbons (Fsp3) is 0.600. The van der Waals surface area contributed by atoms with E-state index in [0.29, 0.717) is 16.9 Å². The van der Waals surface area contributed by atoms with Gasteiger partial charge in [-0.15, -0.1) is 0 Å². The normalized spacial score (nSPS) is 29.4. The van der Waals surface area contributed by atoms with Gasteiger partial charge < -0.3 is 10.2 Å². The van der Waals surface area contributed by atoms with Gasteiger partial charge in [-0.2, -0.15) is 0 Å². The number of nitrogens with one attached hydrogen (secondary N) is 1. The summed E-state index contributed by atoms with van der Waals surface area (Å²) in [5.74, 6) is 0.823. The molecular weight excluding hydrogens is 272 g/mol. The third-order valence-electron chi connectivity index (χ3n) is 4.60. The summed E-state index contributed by atoms with van der Waals surface area (Å²) in [5.41, 5.74) is 0.771. The second-order valence-corrected chi connectivity index (χ2v) is 8.04.